The lowest BCUT2D eigenvalue weighted by Gasteiger charge is -2.15. The average molecular weight is 333 g/mol. The van der Waals surface area contributed by atoms with Crippen molar-refractivity contribution in [3.05, 3.63) is 36.0 Å². The number of hydrogen-bond donors (Lipinski definition) is 2. The van der Waals surface area contributed by atoms with Gasteiger partial charge in [0.25, 0.3) is 0 Å². The topological polar surface area (TPSA) is 92.2 Å². The first kappa shape index (κ1) is 15.5. The predicted octanol–water partition coefficient (Wildman–Crippen LogP) is 2.39. The zero-order valence-corrected chi connectivity index (χ0v) is 14.3. The molecule has 3 aromatic rings. The maximum atomic E-state index is 11.4. The highest BCUT2D eigenvalue weighted by Gasteiger charge is 2.19. The molecule has 0 atom stereocenters. The van der Waals surface area contributed by atoms with Crippen molar-refractivity contribution in [1.29, 1.82) is 0 Å². The number of hydrogen-bond acceptors (Lipinski definition) is 4. The van der Waals surface area contributed by atoms with Crippen LogP contribution < -0.4 is 4.72 Å². The predicted molar refractivity (Wildman–Crippen MR) is 89.9 cm³/mol. The molecule has 2 aromatic heterocycles. The highest BCUT2D eigenvalue weighted by Crippen LogP contribution is 2.26. The summed E-state index contributed by atoms with van der Waals surface area (Å²) in [5, 5.41) is 11.7. The number of fused-ring (bicyclic) bond motifs is 1. The summed E-state index contributed by atoms with van der Waals surface area (Å²) in [6, 6.07) is 9.03. The van der Waals surface area contributed by atoms with Crippen molar-refractivity contribution in [2.75, 3.05) is 11.0 Å². The van der Waals surface area contributed by atoms with Crippen LogP contribution in [-0.4, -0.2) is 34.5 Å². The maximum absolute atomic E-state index is 11.4. The van der Waals surface area contributed by atoms with E-state index >= 15 is 0 Å². The number of nitrogens with one attached hydrogen (secondary N) is 2. The van der Waals surface area contributed by atoms with Crippen molar-refractivity contribution in [3.63, 3.8) is 0 Å². The van der Waals surface area contributed by atoms with E-state index in [0.717, 1.165) is 23.2 Å². The molecule has 0 fully saturated rings. The van der Waals surface area contributed by atoms with Gasteiger partial charge in [-0.25, -0.2) is 12.9 Å². The van der Waals surface area contributed by atoms with Crippen LogP contribution in [0, 0.1) is 0 Å². The Labute approximate surface area is 134 Å². The number of anilines is 1. The van der Waals surface area contributed by atoms with Crippen molar-refractivity contribution in [1.82, 2.24) is 19.8 Å². The van der Waals surface area contributed by atoms with Crippen LogP contribution >= 0.6 is 0 Å². The summed E-state index contributed by atoms with van der Waals surface area (Å²) in [4.78, 5) is 0. The van der Waals surface area contributed by atoms with E-state index in [-0.39, 0.29) is 5.41 Å². The largest absolute Gasteiger partial charge is 0.294 e. The van der Waals surface area contributed by atoms with Gasteiger partial charge in [0.2, 0.25) is 10.0 Å². The van der Waals surface area contributed by atoms with Crippen LogP contribution in [-0.2, 0) is 15.4 Å². The Morgan fingerprint density at radius 2 is 1.91 bits per heavy atom. The van der Waals surface area contributed by atoms with E-state index in [4.69, 9.17) is 0 Å². The maximum Gasteiger partial charge on any atom is 0.229 e. The number of aromatic amines is 1. The van der Waals surface area contributed by atoms with Crippen molar-refractivity contribution >= 4 is 21.4 Å². The van der Waals surface area contributed by atoms with Crippen molar-refractivity contribution in [2.24, 2.45) is 0 Å². The van der Waals surface area contributed by atoms with E-state index in [2.05, 4.69) is 40.8 Å². The average Bonchev–Trinajstić information content (AvgIpc) is 2.95. The van der Waals surface area contributed by atoms with E-state index in [1.54, 1.807) is 22.7 Å². The number of sulfonamides is 1. The lowest BCUT2D eigenvalue weighted by atomic mass is 9.93. The van der Waals surface area contributed by atoms with E-state index in [0.29, 0.717) is 11.5 Å². The zero-order chi connectivity index (χ0) is 16.8. The number of nitrogens with zero attached hydrogens (tertiary/aromatic N) is 3. The lowest BCUT2D eigenvalue weighted by molar-refractivity contribution is 0.563. The van der Waals surface area contributed by atoms with Gasteiger partial charge in [-0.2, -0.15) is 0 Å². The Bertz CT molecular complexity index is 963. The van der Waals surface area contributed by atoms with Crippen LogP contribution in [0.25, 0.3) is 17.0 Å². The molecule has 7 nitrogen and oxygen atoms in total. The monoisotopic (exact) mass is 333 g/mol. The molecule has 122 valence electrons. The van der Waals surface area contributed by atoms with Gasteiger partial charge in [-0.15, -0.1) is 10.2 Å². The number of H-pyrrole nitrogens is 1. The van der Waals surface area contributed by atoms with Crippen LogP contribution in [0.3, 0.4) is 0 Å². The highest BCUT2D eigenvalue weighted by molar-refractivity contribution is 7.92. The van der Waals surface area contributed by atoms with Gasteiger partial charge in [-0.3, -0.25) is 9.82 Å². The smallest absolute Gasteiger partial charge is 0.229 e. The second kappa shape index (κ2) is 5.09. The Kier molecular flexibility index (Phi) is 3.44. The Hall–Kier alpha value is -2.35. The van der Waals surface area contributed by atoms with E-state index < -0.39 is 10.0 Å². The zero-order valence-electron chi connectivity index (χ0n) is 13.5. The molecule has 0 aliphatic rings. The van der Waals surface area contributed by atoms with Gasteiger partial charge >= 0.3 is 0 Å². The van der Waals surface area contributed by atoms with Crippen LogP contribution in [0.4, 0.5) is 5.69 Å². The molecule has 0 aliphatic heterocycles. The Morgan fingerprint density at radius 1 is 1.17 bits per heavy atom. The number of rotatable bonds is 3. The quantitative estimate of drug-likeness (QED) is 0.770. The molecule has 0 amide bonds. The third kappa shape index (κ3) is 3.21. The van der Waals surface area contributed by atoms with E-state index in [1.807, 2.05) is 12.1 Å². The van der Waals surface area contributed by atoms with Gasteiger partial charge in [0.1, 0.15) is 0 Å². The second-order valence-electron chi connectivity index (χ2n) is 6.59. The fraction of sp³-hybridized carbons (Fsp3) is 0.333. The summed E-state index contributed by atoms with van der Waals surface area (Å²) in [6.45, 7) is 6.34. The van der Waals surface area contributed by atoms with Crippen molar-refractivity contribution in [3.8, 4) is 11.4 Å². The second-order valence-corrected chi connectivity index (χ2v) is 8.34. The highest BCUT2D eigenvalue weighted by atomic mass is 32.2. The Morgan fingerprint density at radius 3 is 2.57 bits per heavy atom. The van der Waals surface area contributed by atoms with Gasteiger partial charge < -0.3 is 0 Å². The molecule has 0 saturated heterocycles. The number of benzene rings is 1. The lowest BCUT2D eigenvalue weighted by Crippen LogP contribution is -2.12. The molecule has 0 saturated carbocycles. The molecular formula is C15H19N5O2S. The Balaban J connectivity index is 2.07. The third-order valence-corrected chi connectivity index (χ3v) is 4.03. The molecule has 0 spiro atoms. The molecular weight excluding hydrogens is 314 g/mol. The van der Waals surface area contributed by atoms with Crippen LogP contribution in [0.2, 0.25) is 0 Å². The molecule has 0 radical (unpaired) electrons. The van der Waals surface area contributed by atoms with Gasteiger partial charge in [-0.05, 0) is 12.1 Å². The van der Waals surface area contributed by atoms with Gasteiger partial charge in [0.15, 0.2) is 11.5 Å². The van der Waals surface area contributed by atoms with Crippen molar-refractivity contribution < 1.29 is 8.42 Å². The molecule has 3 rings (SSSR count). The van der Waals surface area contributed by atoms with Gasteiger partial charge in [0.05, 0.1) is 6.26 Å². The minimum atomic E-state index is -3.32. The summed E-state index contributed by atoms with van der Waals surface area (Å²) in [5.74, 6) is 0.632. The fourth-order valence-electron chi connectivity index (χ4n) is 2.29. The first-order chi connectivity index (χ1) is 10.6. The SMILES string of the molecule is CC(C)(C)c1cc2nnc(-c3cccc(NS(C)(=O)=O)c3)n2[nH]1. The van der Waals surface area contributed by atoms with E-state index in [9.17, 15) is 8.42 Å². The van der Waals surface area contributed by atoms with Crippen LogP contribution in [0.5, 0.6) is 0 Å². The first-order valence-corrected chi connectivity index (χ1v) is 9.05. The first-order valence-electron chi connectivity index (χ1n) is 7.16. The van der Waals surface area contributed by atoms with Crippen LogP contribution in [0.1, 0.15) is 26.5 Å². The summed E-state index contributed by atoms with van der Waals surface area (Å²) in [7, 11) is -3.32. The molecule has 1 aromatic carbocycles. The molecule has 23 heavy (non-hydrogen) atoms. The standard InChI is InChI=1S/C15H19N5O2S/c1-15(2,3)12-9-13-16-17-14(20(13)18-12)10-6-5-7-11(8-10)19-23(4,21)22/h5-9,18-19H,1-4H3. The molecule has 0 unspecified atom stereocenters. The molecule has 8 heteroatoms. The summed E-state index contributed by atoms with van der Waals surface area (Å²) >= 11 is 0. The molecule has 2 N–H and O–H groups in total. The van der Waals surface area contributed by atoms with E-state index in [1.165, 1.54) is 0 Å². The summed E-state index contributed by atoms with van der Waals surface area (Å²) < 4.78 is 27.0. The summed E-state index contributed by atoms with van der Waals surface area (Å²) in [6.07, 6.45) is 1.12. The molecule has 0 bridgehead atoms. The van der Waals surface area contributed by atoms with Crippen LogP contribution in [0.15, 0.2) is 30.3 Å². The van der Waals surface area contributed by atoms with Gasteiger partial charge in [0, 0.05) is 28.4 Å². The minimum Gasteiger partial charge on any atom is -0.294 e. The number of aromatic nitrogens is 4. The fourth-order valence-corrected chi connectivity index (χ4v) is 2.84. The normalized spacial score (nSPS) is 12.7. The molecule has 2 heterocycles. The third-order valence-electron chi connectivity index (χ3n) is 3.43. The van der Waals surface area contributed by atoms with Gasteiger partial charge in [-0.1, -0.05) is 32.9 Å². The summed E-state index contributed by atoms with van der Waals surface area (Å²) in [5.41, 5.74) is 3.01. The minimum absolute atomic E-state index is 0.0301. The molecule has 0 aliphatic carbocycles. The van der Waals surface area contributed by atoms with Crippen molar-refractivity contribution in [2.45, 2.75) is 26.2 Å².